The fourth-order valence-corrected chi connectivity index (χ4v) is 1.15. The van der Waals surface area contributed by atoms with Crippen LogP contribution in [0.3, 0.4) is 0 Å². The summed E-state index contributed by atoms with van der Waals surface area (Å²) >= 11 is 4.96. The third kappa shape index (κ3) is 3.09. The Balaban J connectivity index is 2.98. The molecule has 1 aromatic rings. The molecule has 0 heterocycles. The summed E-state index contributed by atoms with van der Waals surface area (Å²) in [7, 11) is 1.40. The number of ether oxygens (including phenoxy) is 2. The molecule has 0 aromatic heterocycles. The first-order valence-electron chi connectivity index (χ1n) is 4.18. The largest absolute Gasteiger partial charge is 0.497 e. The van der Waals surface area contributed by atoms with Gasteiger partial charge in [0.2, 0.25) is 0 Å². The van der Waals surface area contributed by atoms with Gasteiger partial charge in [-0.05, 0) is 12.1 Å². The average molecular weight is 246 g/mol. The topological polar surface area (TPSA) is 78.7 Å². The Labute approximate surface area is 95.9 Å². The molecule has 0 atom stereocenters. The molecule has 6 nitrogen and oxygen atoms in total. The molecule has 16 heavy (non-hydrogen) atoms. The molecule has 0 N–H and O–H groups in total. The van der Waals surface area contributed by atoms with E-state index in [9.17, 15) is 14.9 Å². The van der Waals surface area contributed by atoms with Gasteiger partial charge in [-0.3, -0.25) is 10.1 Å². The van der Waals surface area contributed by atoms with Gasteiger partial charge >= 0.3 is 5.43 Å². The number of methoxy groups -OCH3 is 1. The van der Waals surface area contributed by atoms with E-state index >= 15 is 0 Å². The Kier molecular flexibility index (Phi) is 4.07. The fraction of sp³-hybridized carbons (Fsp3) is 0.222. The number of nitro groups is 1. The van der Waals surface area contributed by atoms with Gasteiger partial charge in [0.25, 0.3) is 5.69 Å². The van der Waals surface area contributed by atoms with Crippen LogP contribution < -0.4 is 4.74 Å². The molecule has 1 rings (SSSR count). The van der Waals surface area contributed by atoms with Crippen molar-refractivity contribution in [1.29, 1.82) is 0 Å². The van der Waals surface area contributed by atoms with Crippen molar-refractivity contribution in [1.82, 2.24) is 0 Å². The van der Waals surface area contributed by atoms with Crippen molar-refractivity contribution in [3.8, 4) is 5.75 Å². The second-order valence-corrected chi connectivity index (χ2v) is 3.09. The minimum Gasteiger partial charge on any atom is -0.497 e. The third-order valence-corrected chi connectivity index (χ3v) is 1.94. The van der Waals surface area contributed by atoms with Gasteiger partial charge in [0.1, 0.15) is 12.4 Å². The van der Waals surface area contributed by atoms with Crippen LogP contribution in [0.4, 0.5) is 10.5 Å². The number of benzene rings is 1. The number of hydrogen-bond donors (Lipinski definition) is 0. The highest BCUT2D eigenvalue weighted by Crippen LogP contribution is 2.25. The van der Waals surface area contributed by atoms with Crippen molar-refractivity contribution >= 4 is 22.7 Å². The Bertz CT molecular complexity index is 420. The average Bonchev–Trinajstić information content (AvgIpc) is 2.25. The number of nitro benzene ring substituents is 1. The summed E-state index contributed by atoms with van der Waals surface area (Å²) in [6, 6.07) is 4.22. The molecule has 0 bridgehead atoms. The summed E-state index contributed by atoms with van der Waals surface area (Å²) in [5.74, 6) is 0.354. The lowest BCUT2D eigenvalue weighted by atomic mass is 10.2. The lowest BCUT2D eigenvalue weighted by Crippen LogP contribution is -2.00. The van der Waals surface area contributed by atoms with Crippen LogP contribution in [-0.4, -0.2) is 17.5 Å². The van der Waals surface area contributed by atoms with E-state index in [1.165, 1.54) is 25.3 Å². The zero-order valence-corrected chi connectivity index (χ0v) is 9.06. The Hall–Kier alpha value is -1.82. The molecular formula is C9H8ClNO5. The Morgan fingerprint density at radius 2 is 2.25 bits per heavy atom. The highest BCUT2D eigenvalue weighted by Gasteiger charge is 2.16. The molecule has 0 aliphatic carbocycles. The summed E-state index contributed by atoms with van der Waals surface area (Å²) in [6.45, 7) is -0.247. The van der Waals surface area contributed by atoms with Gasteiger partial charge in [-0.1, -0.05) is 0 Å². The van der Waals surface area contributed by atoms with Gasteiger partial charge in [0, 0.05) is 11.6 Å². The molecule has 0 amide bonds. The Morgan fingerprint density at radius 1 is 1.56 bits per heavy atom. The molecule has 0 spiro atoms. The van der Waals surface area contributed by atoms with E-state index in [-0.39, 0.29) is 17.9 Å². The van der Waals surface area contributed by atoms with Crippen LogP contribution in [0.1, 0.15) is 5.56 Å². The molecule has 0 fully saturated rings. The fourth-order valence-electron chi connectivity index (χ4n) is 1.10. The van der Waals surface area contributed by atoms with Crippen molar-refractivity contribution in [2.75, 3.05) is 7.11 Å². The maximum Gasteiger partial charge on any atom is 0.404 e. The first-order chi connectivity index (χ1) is 7.54. The number of hydrogen-bond acceptors (Lipinski definition) is 5. The monoisotopic (exact) mass is 245 g/mol. The number of rotatable bonds is 4. The van der Waals surface area contributed by atoms with Gasteiger partial charge in [0.15, 0.2) is 0 Å². The van der Waals surface area contributed by atoms with Gasteiger partial charge in [-0.15, -0.1) is 0 Å². The number of carbonyl (C=O) groups excluding carboxylic acids is 1. The maximum atomic E-state index is 10.7. The summed E-state index contributed by atoms with van der Waals surface area (Å²) in [5, 5.41) is 10.7. The quantitative estimate of drug-likeness (QED) is 0.463. The predicted molar refractivity (Wildman–Crippen MR) is 55.7 cm³/mol. The summed E-state index contributed by atoms with van der Waals surface area (Å²) in [6.07, 6.45) is 0. The highest BCUT2D eigenvalue weighted by atomic mass is 35.5. The van der Waals surface area contributed by atoms with Crippen molar-refractivity contribution in [2.45, 2.75) is 6.61 Å². The van der Waals surface area contributed by atoms with Crippen LogP contribution in [0.5, 0.6) is 5.75 Å². The lowest BCUT2D eigenvalue weighted by Gasteiger charge is -2.04. The van der Waals surface area contributed by atoms with E-state index in [1.54, 1.807) is 0 Å². The molecule has 7 heteroatoms. The van der Waals surface area contributed by atoms with Crippen molar-refractivity contribution < 1.29 is 19.2 Å². The normalized spacial score (nSPS) is 9.62. The van der Waals surface area contributed by atoms with Crippen molar-refractivity contribution in [3.05, 3.63) is 33.9 Å². The maximum absolute atomic E-state index is 10.7. The number of halogens is 1. The van der Waals surface area contributed by atoms with E-state index in [0.717, 1.165) is 0 Å². The van der Waals surface area contributed by atoms with Gasteiger partial charge in [-0.25, -0.2) is 4.79 Å². The van der Waals surface area contributed by atoms with E-state index in [0.29, 0.717) is 5.75 Å². The first kappa shape index (κ1) is 12.3. The second-order valence-electron chi connectivity index (χ2n) is 2.78. The molecule has 0 radical (unpaired) electrons. The second kappa shape index (κ2) is 5.32. The van der Waals surface area contributed by atoms with E-state index in [2.05, 4.69) is 4.74 Å². The van der Waals surface area contributed by atoms with Crippen LogP contribution >= 0.6 is 11.6 Å². The van der Waals surface area contributed by atoms with Crippen LogP contribution in [0.25, 0.3) is 0 Å². The molecule has 0 saturated carbocycles. The van der Waals surface area contributed by atoms with Crippen molar-refractivity contribution in [2.24, 2.45) is 0 Å². The predicted octanol–water partition coefficient (Wildman–Crippen LogP) is 2.48. The smallest absolute Gasteiger partial charge is 0.404 e. The summed E-state index contributed by atoms with van der Waals surface area (Å²) < 4.78 is 9.32. The zero-order valence-electron chi connectivity index (χ0n) is 8.31. The lowest BCUT2D eigenvalue weighted by molar-refractivity contribution is -0.385. The SMILES string of the molecule is COc1ccc(COC(=O)Cl)c([N+](=O)[O-])c1. The van der Waals surface area contributed by atoms with Crippen LogP contribution in [0, 0.1) is 10.1 Å². The minimum absolute atomic E-state index is 0.183. The Morgan fingerprint density at radius 3 is 2.75 bits per heavy atom. The van der Waals surface area contributed by atoms with Crippen LogP contribution in [0.15, 0.2) is 18.2 Å². The van der Waals surface area contributed by atoms with Gasteiger partial charge < -0.3 is 9.47 Å². The van der Waals surface area contributed by atoms with E-state index in [4.69, 9.17) is 16.3 Å². The summed E-state index contributed by atoms with van der Waals surface area (Å²) in [5.41, 5.74) is -0.942. The molecule has 0 saturated heterocycles. The molecule has 0 unspecified atom stereocenters. The molecule has 0 aliphatic heterocycles. The highest BCUT2D eigenvalue weighted by molar-refractivity contribution is 6.61. The first-order valence-corrected chi connectivity index (χ1v) is 4.56. The van der Waals surface area contributed by atoms with Crippen LogP contribution in [0.2, 0.25) is 0 Å². The van der Waals surface area contributed by atoms with Gasteiger partial charge in [0.05, 0.1) is 23.7 Å². The van der Waals surface area contributed by atoms with Gasteiger partial charge in [-0.2, -0.15) is 0 Å². The number of nitrogens with zero attached hydrogens (tertiary/aromatic N) is 1. The molecule has 1 aromatic carbocycles. The van der Waals surface area contributed by atoms with Crippen molar-refractivity contribution in [3.63, 3.8) is 0 Å². The molecule has 0 aliphatic rings. The number of carbonyl (C=O) groups is 1. The third-order valence-electron chi connectivity index (χ3n) is 1.83. The van der Waals surface area contributed by atoms with E-state index in [1.807, 2.05) is 0 Å². The standard InChI is InChI=1S/C9H8ClNO5/c1-15-7-3-2-6(5-16-9(10)12)8(4-7)11(13)14/h2-4H,5H2,1H3. The minimum atomic E-state index is -1.01. The summed E-state index contributed by atoms with van der Waals surface area (Å²) in [4.78, 5) is 20.5. The molecule has 86 valence electrons. The van der Waals surface area contributed by atoms with E-state index < -0.39 is 10.4 Å². The zero-order chi connectivity index (χ0) is 12.1. The van der Waals surface area contributed by atoms with Crippen LogP contribution in [-0.2, 0) is 11.3 Å². The molecular weight excluding hydrogens is 238 g/mol.